The minimum Gasteiger partial charge on any atom is -0.456 e. The molecule has 0 aliphatic heterocycles. The smallest absolute Gasteiger partial charge is 0.166 e. The first-order chi connectivity index (χ1) is 25.8. The van der Waals surface area contributed by atoms with Crippen molar-refractivity contribution in [1.29, 1.82) is 0 Å². The van der Waals surface area contributed by atoms with Crippen LogP contribution in [-0.4, -0.2) is 19.9 Å². The van der Waals surface area contributed by atoms with Gasteiger partial charge in [0.1, 0.15) is 11.2 Å². The molecule has 5 nitrogen and oxygen atoms in total. The number of aromatic nitrogens is 4. The second-order valence-corrected chi connectivity index (χ2v) is 14.1. The highest BCUT2D eigenvalue weighted by atomic mass is 32.1. The molecule has 0 aliphatic carbocycles. The largest absolute Gasteiger partial charge is 0.456 e. The fourth-order valence-electron chi connectivity index (χ4n) is 7.53. The molecule has 242 valence electrons. The number of hydrogen-bond acceptors (Lipinski definition) is 6. The molecule has 0 radical (unpaired) electrons. The number of pyridine rings is 1. The SMILES string of the molecule is c1ccc(-c2nc(-c3ccc4c(c3)oc3ccccc34)nc(-c3cccc4c3nc(-c3ccccc3)c3ccc5sc6ccccc6c5c34)n2)cc1. The Kier molecular flexibility index (Phi) is 6.35. The molecule has 0 aliphatic rings. The third kappa shape index (κ3) is 4.48. The van der Waals surface area contributed by atoms with Crippen LogP contribution >= 0.6 is 11.3 Å². The Balaban J connectivity index is 1.22. The third-order valence-corrected chi connectivity index (χ3v) is 11.1. The fraction of sp³-hybridized carbons (Fsp3) is 0. The van der Waals surface area contributed by atoms with E-state index in [2.05, 4.69) is 97.1 Å². The van der Waals surface area contributed by atoms with Gasteiger partial charge in [-0.1, -0.05) is 121 Å². The molecule has 11 rings (SSSR count). The molecule has 7 aromatic carbocycles. The summed E-state index contributed by atoms with van der Waals surface area (Å²) in [7, 11) is 0. The highest BCUT2D eigenvalue weighted by molar-refractivity contribution is 7.26. The number of furan rings is 1. The summed E-state index contributed by atoms with van der Waals surface area (Å²) in [4.78, 5) is 20.9. The summed E-state index contributed by atoms with van der Waals surface area (Å²) in [5.41, 5.74) is 7.09. The van der Waals surface area contributed by atoms with Gasteiger partial charge in [0.2, 0.25) is 0 Å². The van der Waals surface area contributed by atoms with Gasteiger partial charge >= 0.3 is 0 Å². The van der Waals surface area contributed by atoms with Crippen LogP contribution in [-0.2, 0) is 0 Å². The number of thiophene rings is 1. The van der Waals surface area contributed by atoms with Crippen LogP contribution in [0.4, 0.5) is 0 Å². The zero-order chi connectivity index (χ0) is 34.2. The van der Waals surface area contributed by atoms with Crippen LogP contribution < -0.4 is 0 Å². The highest BCUT2D eigenvalue weighted by Crippen LogP contribution is 2.44. The lowest BCUT2D eigenvalue weighted by atomic mass is 9.95. The maximum Gasteiger partial charge on any atom is 0.166 e. The molecule has 0 atom stereocenters. The van der Waals surface area contributed by atoms with Crippen LogP contribution in [0.5, 0.6) is 0 Å². The van der Waals surface area contributed by atoms with E-state index >= 15 is 0 Å². The first-order valence-electron chi connectivity index (χ1n) is 17.2. The standard InChI is InChI=1S/C46H26N4OS/c1-3-12-27(13-4-1)42-34-24-25-39-41(32-17-8-10-21-38(32)52-39)40(34)33-18-11-19-35(43(33)47-42)46-49-44(28-14-5-2-6-15-28)48-45(50-46)29-22-23-31-30-16-7-9-20-36(30)51-37(31)26-29/h1-26H. The van der Waals surface area contributed by atoms with Gasteiger partial charge in [0.25, 0.3) is 0 Å². The summed E-state index contributed by atoms with van der Waals surface area (Å²) >= 11 is 1.83. The number of fused-ring (bicyclic) bond motifs is 10. The van der Waals surface area contributed by atoms with Crippen molar-refractivity contribution in [3.05, 3.63) is 158 Å². The number of rotatable bonds is 4. The molecule has 0 bridgehead atoms. The van der Waals surface area contributed by atoms with Crippen LogP contribution in [0.2, 0.25) is 0 Å². The van der Waals surface area contributed by atoms with Crippen LogP contribution in [0.25, 0.3) is 109 Å². The number of para-hydroxylation sites is 2. The van der Waals surface area contributed by atoms with E-state index in [4.69, 9.17) is 24.4 Å². The van der Waals surface area contributed by atoms with E-state index < -0.39 is 0 Å². The molecule has 0 amide bonds. The van der Waals surface area contributed by atoms with Gasteiger partial charge in [-0.3, -0.25) is 0 Å². The molecule has 0 spiro atoms. The Morgan fingerprint density at radius 1 is 0.385 bits per heavy atom. The Morgan fingerprint density at radius 3 is 1.88 bits per heavy atom. The molecule has 4 heterocycles. The van der Waals surface area contributed by atoms with Crippen LogP contribution in [0.3, 0.4) is 0 Å². The second-order valence-electron chi connectivity index (χ2n) is 13.0. The molecule has 0 unspecified atom stereocenters. The van der Waals surface area contributed by atoms with Crippen molar-refractivity contribution in [3.8, 4) is 45.4 Å². The van der Waals surface area contributed by atoms with Crippen LogP contribution in [0, 0.1) is 0 Å². The van der Waals surface area contributed by atoms with E-state index in [1.807, 2.05) is 72.0 Å². The average Bonchev–Trinajstić information content (AvgIpc) is 3.79. The van der Waals surface area contributed by atoms with E-state index in [0.29, 0.717) is 17.5 Å². The van der Waals surface area contributed by atoms with E-state index in [-0.39, 0.29) is 0 Å². The molecule has 11 aromatic rings. The molecular weight excluding hydrogens is 657 g/mol. The highest BCUT2D eigenvalue weighted by Gasteiger charge is 2.21. The first kappa shape index (κ1) is 29.0. The van der Waals surface area contributed by atoms with Gasteiger partial charge in [0.05, 0.1) is 11.2 Å². The summed E-state index contributed by atoms with van der Waals surface area (Å²) in [6, 6.07) is 54.4. The summed E-state index contributed by atoms with van der Waals surface area (Å²) in [6.07, 6.45) is 0. The Hall–Kier alpha value is -6.76. The van der Waals surface area contributed by atoms with Gasteiger partial charge in [-0.25, -0.2) is 19.9 Å². The van der Waals surface area contributed by atoms with Crippen molar-refractivity contribution >= 4 is 75.1 Å². The zero-order valence-corrected chi connectivity index (χ0v) is 28.4. The van der Waals surface area contributed by atoms with Gasteiger partial charge < -0.3 is 4.42 Å². The van der Waals surface area contributed by atoms with Gasteiger partial charge in [-0.2, -0.15) is 0 Å². The predicted octanol–water partition coefficient (Wildman–Crippen LogP) is 12.5. The van der Waals surface area contributed by atoms with Gasteiger partial charge in [-0.05, 0) is 36.4 Å². The minimum absolute atomic E-state index is 0.562. The summed E-state index contributed by atoms with van der Waals surface area (Å²) in [5, 5.41) is 8.01. The van der Waals surface area contributed by atoms with Crippen molar-refractivity contribution in [1.82, 2.24) is 19.9 Å². The van der Waals surface area contributed by atoms with Crippen LogP contribution in [0.1, 0.15) is 0 Å². The lowest BCUT2D eigenvalue weighted by molar-refractivity contribution is 0.669. The first-order valence-corrected chi connectivity index (χ1v) is 18.0. The van der Waals surface area contributed by atoms with E-state index in [1.165, 1.54) is 25.6 Å². The maximum absolute atomic E-state index is 6.28. The zero-order valence-electron chi connectivity index (χ0n) is 27.6. The quantitative estimate of drug-likeness (QED) is 0.173. The van der Waals surface area contributed by atoms with Gasteiger partial charge in [0, 0.05) is 69.4 Å². The van der Waals surface area contributed by atoms with Crippen LogP contribution in [0.15, 0.2) is 162 Å². The minimum atomic E-state index is 0.562. The Morgan fingerprint density at radius 2 is 1.04 bits per heavy atom. The van der Waals surface area contributed by atoms with E-state index in [9.17, 15) is 0 Å². The summed E-state index contributed by atoms with van der Waals surface area (Å²) in [6.45, 7) is 0. The second kappa shape index (κ2) is 11.4. The number of hydrogen-bond donors (Lipinski definition) is 0. The topological polar surface area (TPSA) is 64.7 Å². The van der Waals surface area contributed by atoms with Gasteiger partial charge in [0.15, 0.2) is 17.5 Å². The van der Waals surface area contributed by atoms with Crippen molar-refractivity contribution in [3.63, 3.8) is 0 Å². The molecule has 4 aromatic heterocycles. The van der Waals surface area contributed by atoms with Crippen molar-refractivity contribution < 1.29 is 4.42 Å². The maximum atomic E-state index is 6.28. The number of benzene rings is 7. The molecule has 0 saturated heterocycles. The normalized spacial score (nSPS) is 11.8. The molecule has 0 saturated carbocycles. The van der Waals surface area contributed by atoms with Crippen molar-refractivity contribution in [2.75, 3.05) is 0 Å². The van der Waals surface area contributed by atoms with Crippen molar-refractivity contribution in [2.24, 2.45) is 0 Å². The average molecular weight is 683 g/mol. The summed E-state index contributed by atoms with van der Waals surface area (Å²) in [5.74, 6) is 1.73. The molecule has 52 heavy (non-hydrogen) atoms. The molecule has 6 heteroatoms. The van der Waals surface area contributed by atoms with Gasteiger partial charge in [-0.15, -0.1) is 11.3 Å². The summed E-state index contributed by atoms with van der Waals surface area (Å²) < 4.78 is 8.79. The van der Waals surface area contributed by atoms with E-state index in [1.54, 1.807) is 0 Å². The molecule has 0 N–H and O–H groups in total. The van der Waals surface area contributed by atoms with Crippen molar-refractivity contribution in [2.45, 2.75) is 0 Å². The lowest BCUT2D eigenvalue weighted by Gasteiger charge is -2.14. The molecule has 0 fully saturated rings. The Bertz CT molecular complexity index is 3190. The lowest BCUT2D eigenvalue weighted by Crippen LogP contribution is -2.01. The Labute approximate surface area is 301 Å². The molecular formula is C46H26N4OS. The predicted molar refractivity (Wildman–Crippen MR) is 215 cm³/mol. The monoisotopic (exact) mass is 682 g/mol. The fourth-order valence-corrected chi connectivity index (χ4v) is 8.65. The number of nitrogens with zero attached hydrogens (tertiary/aromatic N) is 4. The third-order valence-electron chi connectivity index (χ3n) is 9.92. The van der Waals surface area contributed by atoms with E-state index in [0.717, 1.165) is 66.2 Å².